The number of nitrogens with zero attached hydrogens (tertiary/aromatic N) is 6. The maximum absolute atomic E-state index is 13.3. The molecule has 0 saturated heterocycles. The molecule has 1 amide bonds. The van der Waals surface area contributed by atoms with Gasteiger partial charge in [-0.25, -0.2) is 14.6 Å². The van der Waals surface area contributed by atoms with Crippen LogP contribution in [0.4, 0.5) is 5.13 Å². The summed E-state index contributed by atoms with van der Waals surface area (Å²) in [6.07, 6.45) is 6.10. The first-order valence-electron chi connectivity index (χ1n) is 10.7. The van der Waals surface area contributed by atoms with Gasteiger partial charge in [0.1, 0.15) is 5.69 Å². The monoisotopic (exact) mass is 435 g/mol. The molecule has 0 atom stereocenters. The molecule has 5 rings (SSSR count). The zero-order valence-electron chi connectivity index (χ0n) is 17.9. The van der Waals surface area contributed by atoms with Gasteiger partial charge in [0, 0.05) is 36.8 Å². The van der Waals surface area contributed by atoms with Gasteiger partial charge in [-0.3, -0.25) is 14.8 Å². The lowest BCUT2D eigenvalue weighted by Crippen LogP contribution is -2.14. The highest BCUT2D eigenvalue weighted by Gasteiger charge is 2.29. The Morgan fingerprint density at radius 3 is 2.87 bits per heavy atom. The number of nitrogens with one attached hydrogen (secondary N) is 1. The van der Waals surface area contributed by atoms with Gasteiger partial charge in [-0.15, -0.1) is 11.3 Å². The van der Waals surface area contributed by atoms with Crippen molar-refractivity contribution in [2.45, 2.75) is 52.0 Å². The van der Waals surface area contributed by atoms with Gasteiger partial charge in [-0.1, -0.05) is 13.3 Å². The number of unbranched alkanes of at least 4 members (excludes halogenated alkanes) is 1. The van der Waals surface area contributed by atoms with Crippen molar-refractivity contribution in [3.05, 3.63) is 40.7 Å². The van der Waals surface area contributed by atoms with Gasteiger partial charge in [0.15, 0.2) is 10.8 Å². The van der Waals surface area contributed by atoms with E-state index >= 15 is 0 Å². The van der Waals surface area contributed by atoms with E-state index in [9.17, 15) is 4.79 Å². The number of hydrogen-bond acceptors (Lipinski definition) is 6. The summed E-state index contributed by atoms with van der Waals surface area (Å²) in [4.78, 5) is 22.8. The molecule has 0 aromatic carbocycles. The Hall–Kier alpha value is -3.07. The summed E-state index contributed by atoms with van der Waals surface area (Å²) >= 11 is 1.41. The van der Waals surface area contributed by atoms with E-state index in [0.717, 1.165) is 66.0 Å². The fourth-order valence-corrected chi connectivity index (χ4v) is 4.54. The number of amides is 1. The van der Waals surface area contributed by atoms with Crippen LogP contribution in [0.2, 0.25) is 0 Å². The summed E-state index contributed by atoms with van der Waals surface area (Å²) in [5.74, 6) is 0.278. The molecule has 0 bridgehead atoms. The SMILES string of the molecule is CCCCn1nc(C)c2c(C(=O)Nc3nc(-c4ccnn4C)cs3)cc(C3CC3)nc21. The van der Waals surface area contributed by atoms with Crippen LogP contribution in [-0.2, 0) is 13.6 Å². The number of fused-ring (bicyclic) bond motifs is 1. The van der Waals surface area contributed by atoms with Crippen LogP contribution < -0.4 is 5.32 Å². The number of carbonyl (C=O) groups is 1. The van der Waals surface area contributed by atoms with Crippen molar-refractivity contribution in [1.82, 2.24) is 29.5 Å². The number of aromatic nitrogens is 6. The first-order valence-corrected chi connectivity index (χ1v) is 11.6. The maximum Gasteiger partial charge on any atom is 0.258 e. The number of pyridine rings is 1. The molecule has 8 nitrogen and oxygen atoms in total. The van der Waals surface area contributed by atoms with Crippen LogP contribution in [0.5, 0.6) is 0 Å². The zero-order chi connectivity index (χ0) is 21.5. The molecule has 1 aliphatic rings. The Morgan fingerprint density at radius 1 is 1.32 bits per heavy atom. The normalized spacial score (nSPS) is 13.8. The van der Waals surface area contributed by atoms with Crippen molar-refractivity contribution in [1.29, 1.82) is 0 Å². The van der Waals surface area contributed by atoms with Crippen molar-refractivity contribution in [3.63, 3.8) is 0 Å². The van der Waals surface area contributed by atoms with E-state index in [2.05, 4.69) is 22.3 Å². The molecule has 0 unspecified atom stereocenters. The molecule has 1 saturated carbocycles. The summed E-state index contributed by atoms with van der Waals surface area (Å²) in [6, 6.07) is 3.85. The second-order valence-corrected chi connectivity index (χ2v) is 8.92. The zero-order valence-corrected chi connectivity index (χ0v) is 18.7. The van der Waals surface area contributed by atoms with E-state index in [1.54, 1.807) is 10.9 Å². The lowest BCUT2D eigenvalue weighted by Gasteiger charge is -2.08. The summed E-state index contributed by atoms with van der Waals surface area (Å²) in [6.45, 7) is 4.92. The summed E-state index contributed by atoms with van der Waals surface area (Å²) in [7, 11) is 1.87. The Balaban J connectivity index is 1.50. The van der Waals surface area contributed by atoms with Gasteiger partial charge >= 0.3 is 0 Å². The smallest absolute Gasteiger partial charge is 0.258 e. The molecule has 9 heteroatoms. The van der Waals surface area contributed by atoms with Gasteiger partial charge < -0.3 is 0 Å². The van der Waals surface area contributed by atoms with Crippen LogP contribution in [0.1, 0.15) is 60.3 Å². The van der Waals surface area contributed by atoms with Gasteiger partial charge in [0.2, 0.25) is 0 Å². The topological polar surface area (TPSA) is 90.5 Å². The minimum absolute atomic E-state index is 0.168. The molecule has 0 aliphatic heterocycles. The molecule has 0 radical (unpaired) electrons. The summed E-state index contributed by atoms with van der Waals surface area (Å²) in [5, 5.41) is 15.2. The van der Waals surface area contributed by atoms with Crippen LogP contribution in [-0.4, -0.2) is 35.4 Å². The minimum Gasteiger partial charge on any atom is -0.298 e. The predicted molar refractivity (Wildman–Crippen MR) is 121 cm³/mol. The number of hydrogen-bond donors (Lipinski definition) is 1. The van der Waals surface area contributed by atoms with E-state index in [1.165, 1.54) is 11.3 Å². The van der Waals surface area contributed by atoms with Crippen LogP contribution in [0, 0.1) is 6.92 Å². The largest absolute Gasteiger partial charge is 0.298 e. The highest BCUT2D eigenvalue weighted by Crippen LogP contribution is 2.40. The Labute approximate surface area is 184 Å². The first kappa shape index (κ1) is 19.9. The van der Waals surface area contributed by atoms with Gasteiger partial charge in [-0.2, -0.15) is 10.2 Å². The third kappa shape index (κ3) is 3.74. The molecule has 0 spiro atoms. The molecule has 1 N–H and O–H groups in total. The molecule has 4 heterocycles. The number of carbonyl (C=O) groups excluding carboxylic acids is 1. The minimum atomic E-state index is -0.168. The molecular weight excluding hydrogens is 410 g/mol. The second kappa shape index (κ2) is 7.88. The fourth-order valence-electron chi connectivity index (χ4n) is 3.84. The highest BCUT2D eigenvalue weighted by molar-refractivity contribution is 7.14. The van der Waals surface area contributed by atoms with E-state index in [4.69, 9.17) is 10.1 Å². The Kier molecular flexibility index (Phi) is 5.05. The maximum atomic E-state index is 13.3. The van der Waals surface area contributed by atoms with E-state index in [0.29, 0.717) is 16.6 Å². The average Bonchev–Trinajstić information content (AvgIpc) is 3.24. The quantitative estimate of drug-likeness (QED) is 0.461. The van der Waals surface area contributed by atoms with Gasteiger partial charge in [0.25, 0.3) is 5.91 Å². The van der Waals surface area contributed by atoms with Crippen molar-refractivity contribution in [2.24, 2.45) is 7.05 Å². The number of rotatable bonds is 7. The van der Waals surface area contributed by atoms with Crippen molar-refractivity contribution < 1.29 is 4.79 Å². The summed E-state index contributed by atoms with van der Waals surface area (Å²) < 4.78 is 3.73. The third-order valence-corrected chi connectivity index (χ3v) is 6.43. The Morgan fingerprint density at radius 2 is 2.16 bits per heavy atom. The third-order valence-electron chi connectivity index (χ3n) is 5.67. The highest BCUT2D eigenvalue weighted by atomic mass is 32.1. The average molecular weight is 436 g/mol. The van der Waals surface area contributed by atoms with E-state index in [1.807, 2.05) is 36.2 Å². The lowest BCUT2D eigenvalue weighted by atomic mass is 10.1. The number of thiazole rings is 1. The molecule has 4 aromatic heterocycles. The molecule has 160 valence electrons. The van der Waals surface area contributed by atoms with Gasteiger partial charge in [-0.05, 0) is 38.3 Å². The first-order chi connectivity index (χ1) is 15.0. The van der Waals surface area contributed by atoms with Crippen molar-refractivity contribution >= 4 is 33.4 Å². The fraction of sp³-hybridized carbons (Fsp3) is 0.409. The van der Waals surface area contributed by atoms with E-state index < -0.39 is 0 Å². The molecule has 1 aliphatic carbocycles. The van der Waals surface area contributed by atoms with Crippen LogP contribution >= 0.6 is 11.3 Å². The number of anilines is 1. The van der Waals surface area contributed by atoms with Crippen LogP contribution in [0.25, 0.3) is 22.4 Å². The van der Waals surface area contributed by atoms with Crippen LogP contribution in [0.3, 0.4) is 0 Å². The van der Waals surface area contributed by atoms with Crippen molar-refractivity contribution in [2.75, 3.05) is 5.32 Å². The second-order valence-electron chi connectivity index (χ2n) is 8.06. The standard InChI is InChI=1S/C22H25N7OS/c1-4-5-10-29-20-19(13(2)27-29)15(11-16(24-20)14-6-7-14)21(30)26-22-25-17(12-31-22)18-8-9-23-28(18)3/h8-9,11-12,14H,4-7,10H2,1-3H3,(H,25,26,30). The molecule has 1 fully saturated rings. The lowest BCUT2D eigenvalue weighted by molar-refractivity contribution is 0.102. The molecule has 31 heavy (non-hydrogen) atoms. The molecular formula is C22H25N7OS. The number of aryl methyl sites for hydroxylation is 3. The molecule has 4 aromatic rings. The van der Waals surface area contributed by atoms with E-state index in [-0.39, 0.29) is 5.91 Å². The van der Waals surface area contributed by atoms with Crippen LogP contribution in [0.15, 0.2) is 23.7 Å². The predicted octanol–water partition coefficient (Wildman–Crippen LogP) is 4.53. The summed E-state index contributed by atoms with van der Waals surface area (Å²) in [5.41, 5.74) is 4.97. The van der Waals surface area contributed by atoms with Crippen molar-refractivity contribution in [3.8, 4) is 11.4 Å². The van der Waals surface area contributed by atoms with Gasteiger partial charge in [0.05, 0.1) is 22.3 Å². The Bertz CT molecular complexity index is 1260.